The van der Waals surface area contributed by atoms with Crippen molar-refractivity contribution in [3.63, 3.8) is 0 Å². The second-order valence-corrected chi connectivity index (χ2v) is 10.6. The van der Waals surface area contributed by atoms with Gasteiger partial charge in [-0.05, 0) is 43.2 Å². The Bertz CT molecular complexity index is 1190. The first-order chi connectivity index (χ1) is 14.7. The standard InChI is InChI=1S/C20H25N5O5S/c1-20(2)7-6-13-16(12-4-3-5-14(12)22-17(13)20)23-19(27)24-31(28,29)15-8-21-25-9-11(26)10-30-18(15)25/h8,11,26H,3-7,9-10H2,1-2H3,(H2,22,23,24,27). The Morgan fingerprint density at radius 2 is 2.10 bits per heavy atom. The van der Waals surface area contributed by atoms with Crippen LogP contribution in [-0.4, -0.2) is 47.0 Å². The highest BCUT2D eigenvalue weighted by molar-refractivity contribution is 7.90. The molecule has 2 aromatic heterocycles. The van der Waals surface area contributed by atoms with Gasteiger partial charge in [0.2, 0.25) is 5.88 Å². The van der Waals surface area contributed by atoms with Crippen molar-refractivity contribution in [2.45, 2.75) is 68.9 Å². The molecule has 0 bridgehead atoms. The fourth-order valence-corrected chi connectivity index (χ4v) is 5.68. The van der Waals surface area contributed by atoms with Crippen LogP contribution in [-0.2, 0) is 41.2 Å². The molecule has 1 atom stereocenters. The van der Waals surface area contributed by atoms with Crippen molar-refractivity contribution in [3.05, 3.63) is 28.7 Å². The van der Waals surface area contributed by atoms with E-state index in [4.69, 9.17) is 9.72 Å². The Hall–Kier alpha value is -2.66. The van der Waals surface area contributed by atoms with Gasteiger partial charge in [0.05, 0.1) is 24.1 Å². The van der Waals surface area contributed by atoms with Crippen molar-refractivity contribution in [2.24, 2.45) is 0 Å². The number of amides is 2. The Morgan fingerprint density at radius 3 is 2.90 bits per heavy atom. The lowest BCUT2D eigenvalue weighted by molar-refractivity contribution is 0.0537. The molecule has 0 radical (unpaired) electrons. The Balaban J connectivity index is 1.42. The van der Waals surface area contributed by atoms with Gasteiger partial charge in [0.25, 0.3) is 10.0 Å². The fourth-order valence-electron chi connectivity index (χ4n) is 4.69. The molecule has 2 aromatic rings. The van der Waals surface area contributed by atoms with Crippen LogP contribution in [0.15, 0.2) is 11.1 Å². The predicted octanol–water partition coefficient (Wildman–Crippen LogP) is 1.25. The highest BCUT2D eigenvalue weighted by atomic mass is 32.2. The zero-order valence-electron chi connectivity index (χ0n) is 17.4. The van der Waals surface area contributed by atoms with Crippen LogP contribution in [0.2, 0.25) is 0 Å². The van der Waals surface area contributed by atoms with Crippen LogP contribution in [0.3, 0.4) is 0 Å². The number of hydrogen-bond acceptors (Lipinski definition) is 7. The summed E-state index contributed by atoms with van der Waals surface area (Å²) in [5.41, 5.74) is 4.61. The van der Waals surface area contributed by atoms with Gasteiger partial charge in [-0.25, -0.2) is 22.6 Å². The second kappa shape index (κ2) is 6.92. The Morgan fingerprint density at radius 1 is 1.29 bits per heavy atom. The van der Waals surface area contributed by atoms with E-state index < -0.39 is 22.2 Å². The smallest absolute Gasteiger partial charge is 0.333 e. The number of anilines is 1. The van der Waals surface area contributed by atoms with Gasteiger partial charge in [0, 0.05) is 11.1 Å². The SMILES string of the molecule is CC1(C)CCc2c1nc1c(c2NC(=O)NS(=O)(=O)c2cnn3c2OCC(O)C3)CCC1. The molecule has 3 N–H and O–H groups in total. The number of aromatic nitrogens is 3. The molecule has 11 heteroatoms. The summed E-state index contributed by atoms with van der Waals surface area (Å²) in [6.45, 7) is 4.37. The van der Waals surface area contributed by atoms with E-state index in [-0.39, 0.29) is 29.3 Å². The summed E-state index contributed by atoms with van der Waals surface area (Å²) < 4.78 is 34.4. The van der Waals surface area contributed by atoms with Gasteiger partial charge in [0.15, 0.2) is 4.90 Å². The molecule has 0 spiro atoms. The molecule has 0 aromatic carbocycles. The Kier molecular flexibility index (Phi) is 4.52. The van der Waals surface area contributed by atoms with Crippen LogP contribution in [0.25, 0.3) is 0 Å². The van der Waals surface area contributed by atoms with Crippen LogP contribution in [0.5, 0.6) is 5.88 Å². The minimum Gasteiger partial charge on any atom is -0.474 e. The maximum absolute atomic E-state index is 12.8. The van der Waals surface area contributed by atoms with Gasteiger partial charge < -0.3 is 15.2 Å². The number of hydrogen-bond donors (Lipinski definition) is 3. The molecule has 2 amide bonds. The summed E-state index contributed by atoms with van der Waals surface area (Å²) in [7, 11) is -4.21. The summed E-state index contributed by atoms with van der Waals surface area (Å²) in [5.74, 6) is 0.0121. The second-order valence-electron chi connectivity index (χ2n) is 9.00. The number of carbonyl (C=O) groups is 1. The number of rotatable bonds is 3. The van der Waals surface area contributed by atoms with Gasteiger partial charge in [0.1, 0.15) is 12.7 Å². The summed E-state index contributed by atoms with van der Waals surface area (Å²) in [5, 5.41) is 16.4. The Labute approximate surface area is 180 Å². The number of carbonyl (C=O) groups excluding carboxylic acids is 1. The van der Waals surface area contributed by atoms with Gasteiger partial charge in [-0.3, -0.25) is 4.98 Å². The molecule has 0 saturated heterocycles. The van der Waals surface area contributed by atoms with Crippen molar-refractivity contribution in [1.82, 2.24) is 19.5 Å². The molecule has 3 heterocycles. The third kappa shape index (κ3) is 3.35. The summed E-state index contributed by atoms with van der Waals surface area (Å²) in [4.78, 5) is 17.4. The first-order valence-corrected chi connectivity index (χ1v) is 11.9. The van der Waals surface area contributed by atoms with Crippen molar-refractivity contribution >= 4 is 21.7 Å². The van der Waals surface area contributed by atoms with E-state index in [9.17, 15) is 18.3 Å². The molecule has 1 aliphatic heterocycles. The van der Waals surface area contributed by atoms with Crippen molar-refractivity contribution < 1.29 is 23.1 Å². The van der Waals surface area contributed by atoms with Crippen molar-refractivity contribution in [2.75, 3.05) is 11.9 Å². The number of fused-ring (bicyclic) bond motifs is 3. The highest BCUT2D eigenvalue weighted by Crippen LogP contribution is 2.44. The van der Waals surface area contributed by atoms with E-state index in [1.54, 1.807) is 0 Å². The lowest BCUT2D eigenvalue weighted by Gasteiger charge is -2.21. The summed E-state index contributed by atoms with van der Waals surface area (Å²) in [6.07, 6.45) is 4.71. The molecule has 166 valence electrons. The van der Waals surface area contributed by atoms with E-state index in [2.05, 4.69) is 29.0 Å². The average Bonchev–Trinajstić information content (AvgIpc) is 3.38. The largest absolute Gasteiger partial charge is 0.474 e. The van der Waals surface area contributed by atoms with Crippen LogP contribution < -0.4 is 14.8 Å². The number of sulfonamides is 1. The van der Waals surface area contributed by atoms with Gasteiger partial charge in [-0.2, -0.15) is 5.10 Å². The molecule has 10 nitrogen and oxygen atoms in total. The van der Waals surface area contributed by atoms with Crippen molar-refractivity contribution in [3.8, 4) is 5.88 Å². The molecule has 0 saturated carbocycles. The van der Waals surface area contributed by atoms with E-state index in [1.165, 1.54) is 4.68 Å². The number of aryl methyl sites for hydroxylation is 1. The van der Waals surface area contributed by atoms with Crippen LogP contribution in [0.1, 0.15) is 49.2 Å². The van der Waals surface area contributed by atoms with Gasteiger partial charge in [-0.15, -0.1) is 0 Å². The number of aliphatic hydroxyl groups is 1. The monoisotopic (exact) mass is 447 g/mol. The molecule has 5 rings (SSSR count). The van der Waals surface area contributed by atoms with E-state index in [1.807, 2.05) is 0 Å². The van der Waals surface area contributed by atoms with Crippen molar-refractivity contribution in [1.29, 1.82) is 0 Å². The third-order valence-electron chi connectivity index (χ3n) is 6.28. The van der Waals surface area contributed by atoms with Crippen LogP contribution in [0.4, 0.5) is 10.5 Å². The summed E-state index contributed by atoms with van der Waals surface area (Å²) in [6, 6.07) is -0.831. The predicted molar refractivity (Wildman–Crippen MR) is 111 cm³/mol. The molecule has 2 aliphatic carbocycles. The lowest BCUT2D eigenvalue weighted by atomic mass is 9.90. The fraction of sp³-hybridized carbons (Fsp3) is 0.550. The molecule has 1 unspecified atom stereocenters. The zero-order valence-corrected chi connectivity index (χ0v) is 18.3. The van der Waals surface area contributed by atoms with Gasteiger partial charge >= 0.3 is 6.03 Å². The number of urea groups is 1. The highest BCUT2D eigenvalue weighted by Gasteiger charge is 2.37. The van der Waals surface area contributed by atoms with Gasteiger partial charge in [-0.1, -0.05) is 13.8 Å². The molecular formula is C20H25N5O5S. The van der Waals surface area contributed by atoms with Crippen LogP contribution >= 0.6 is 0 Å². The average molecular weight is 448 g/mol. The van der Waals surface area contributed by atoms with Crippen LogP contribution in [0, 0.1) is 0 Å². The quantitative estimate of drug-likeness (QED) is 0.644. The lowest BCUT2D eigenvalue weighted by Crippen LogP contribution is -2.36. The van der Waals surface area contributed by atoms with E-state index in [0.717, 1.165) is 60.8 Å². The third-order valence-corrected chi connectivity index (χ3v) is 7.59. The number of nitrogens with zero attached hydrogens (tertiary/aromatic N) is 3. The maximum atomic E-state index is 12.8. The first kappa shape index (κ1) is 20.3. The zero-order chi connectivity index (χ0) is 22.0. The number of nitrogens with one attached hydrogen (secondary N) is 2. The molecule has 31 heavy (non-hydrogen) atoms. The maximum Gasteiger partial charge on any atom is 0.333 e. The number of pyridine rings is 1. The number of aliphatic hydroxyl groups excluding tert-OH is 1. The first-order valence-electron chi connectivity index (χ1n) is 10.4. The number of ether oxygens (including phenoxy) is 1. The van der Waals surface area contributed by atoms with E-state index >= 15 is 0 Å². The minimum absolute atomic E-state index is 0.0121. The minimum atomic E-state index is -4.21. The van der Waals surface area contributed by atoms with E-state index in [0.29, 0.717) is 5.69 Å². The normalized spacial score (nSPS) is 21.1. The summed E-state index contributed by atoms with van der Waals surface area (Å²) >= 11 is 0. The topological polar surface area (TPSA) is 135 Å². The molecular weight excluding hydrogens is 422 g/mol. The molecule has 0 fully saturated rings. The molecule has 3 aliphatic rings.